The lowest BCUT2D eigenvalue weighted by Gasteiger charge is -2.31. The number of benzene rings is 1. The van der Waals surface area contributed by atoms with Crippen LogP contribution in [0.2, 0.25) is 0 Å². The fraction of sp³-hybridized carbons (Fsp3) is 0.667. The van der Waals surface area contributed by atoms with Crippen molar-refractivity contribution in [1.29, 1.82) is 0 Å². The molecule has 1 aliphatic carbocycles. The van der Waals surface area contributed by atoms with Crippen LogP contribution < -0.4 is 4.74 Å². The van der Waals surface area contributed by atoms with Gasteiger partial charge in [0.25, 0.3) is 0 Å². The number of hydrogen-bond donors (Lipinski definition) is 0. The Labute approximate surface area is 140 Å². The van der Waals surface area contributed by atoms with Crippen LogP contribution in [0.25, 0.3) is 0 Å². The van der Waals surface area contributed by atoms with E-state index in [0.717, 1.165) is 37.8 Å². The summed E-state index contributed by atoms with van der Waals surface area (Å²) >= 11 is 0. The summed E-state index contributed by atoms with van der Waals surface area (Å²) in [7, 11) is 0. The van der Waals surface area contributed by atoms with E-state index in [1.807, 2.05) is 0 Å². The second kappa shape index (κ2) is 8.19. The van der Waals surface area contributed by atoms with E-state index in [4.69, 9.17) is 9.47 Å². The first-order chi connectivity index (χ1) is 11.4. The first kappa shape index (κ1) is 19.0. The fourth-order valence-corrected chi connectivity index (χ4v) is 3.24. The quantitative estimate of drug-likeness (QED) is 0.581. The third-order valence-corrected chi connectivity index (χ3v) is 4.47. The summed E-state index contributed by atoms with van der Waals surface area (Å²) in [6, 6.07) is 1.83. The third kappa shape index (κ3) is 4.41. The second-order valence-corrected chi connectivity index (χ2v) is 6.24. The third-order valence-electron chi connectivity index (χ3n) is 4.47. The molecular weight excluding hydrogens is 324 g/mol. The molecule has 2 rings (SSSR count). The summed E-state index contributed by atoms with van der Waals surface area (Å²) in [6.07, 6.45) is 0.344. The molecule has 0 saturated heterocycles. The van der Waals surface area contributed by atoms with Gasteiger partial charge in [-0.15, -0.1) is 0 Å². The Bertz CT molecular complexity index is 540. The number of hydrogen-bond acceptors (Lipinski definition) is 2. The van der Waals surface area contributed by atoms with Gasteiger partial charge in [-0.05, 0) is 50.7 Å². The van der Waals surface area contributed by atoms with Crippen LogP contribution in [0.5, 0.6) is 5.75 Å². The Hall–Kier alpha value is -1.30. The Kier molecular flexibility index (Phi) is 6.49. The van der Waals surface area contributed by atoms with E-state index in [-0.39, 0.29) is 12.4 Å². The molecule has 0 N–H and O–H groups in total. The molecule has 0 heterocycles. The lowest BCUT2D eigenvalue weighted by atomic mass is 9.84. The second-order valence-electron chi connectivity index (χ2n) is 6.24. The maximum atomic E-state index is 14.3. The molecule has 1 aromatic rings. The van der Waals surface area contributed by atoms with Gasteiger partial charge in [-0.25, -0.2) is 4.39 Å². The van der Waals surface area contributed by atoms with Crippen molar-refractivity contribution in [1.82, 2.24) is 0 Å². The van der Waals surface area contributed by atoms with Crippen molar-refractivity contribution in [2.75, 3.05) is 6.61 Å². The highest BCUT2D eigenvalue weighted by Crippen LogP contribution is 2.39. The minimum Gasteiger partial charge on any atom is -0.491 e. The van der Waals surface area contributed by atoms with Gasteiger partial charge in [0.05, 0.1) is 18.3 Å². The normalized spacial score (nSPS) is 21.8. The molecule has 0 bridgehead atoms. The molecule has 0 radical (unpaired) electrons. The summed E-state index contributed by atoms with van der Waals surface area (Å²) in [6.45, 7) is 3.81. The molecule has 1 aliphatic rings. The van der Waals surface area contributed by atoms with Gasteiger partial charge < -0.3 is 9.47 Å². The molecule has 0 amide bonds. The Morgan fingerprint density at radius 3 is 2.29 bits per heavy atom. The maximum Gasteiger partial charge on any atom is 0.386 e. The van der Waals surface area contributed by atoms with Gasteiger partial charge in [0.15, 0.2) is 11.6 Å². The van der Waals surface area contributed by atoms with Crippen molar-refractivity contribution in [2.45, 2.75) is 64.6 Å². The van der Waals surface area contributed by atoms with Crippen molar-refractivity contribution in [3.63, 3.8) is 0 Å². The average Bonchev–Trinajstić information content (AvgIpc) is 2.54. The molecule has 24 heavy (non-hydrogen) atoms. The van der Waals surface area contributed by atoms with Crippen molar-refractivity contribution in [2.24, 2.45) is 5.92 Å². The fourth-order valence-electron chi connectivity index (χ4n) is 3.24. The summed E-state index contributed by atoms with van der Waals surface area (Å²) < 4.78 is 66.1. The zero-order valence-electron chi connectivity index (χ0n) is 14.1. The van der Waals surface area contributed by atoms with E-state index in [1.165, 1.54) is 0 Å². The average molecular weight is 348 g/mol. The predicted octanol–water partition coefficient (Wildman–Crippen LogP) is 5.79. The van der Waals surface area contributed by atoms with Crippen molar-refractivity contribution in [3.8, 4) is 5.75 Å². The Balaban J connectivity index is 2.06. The largest absolute Gasteiger partial charge is 0.491 e. The van der Waals surface area contributed by atoms with E-state index >= 15 is 0 Å². The molecule has 0 aromatic heterocycles. The molecule has 0 spiro atoms. The molecule has 0 aliphatic heterocycles. The van der Waals surface area contributed by atoms with Crippen LogP contribution in [-0.2, 0) is 10.8 Å². The van der Waals surface area contributed by atoms with E-state index in [9.17, 15) is 17.6 Å². The minimum absolute atomic E-state index is 0.115. The van der Waals surface area contributed by atoms with Gasteiger partial charge in [-0.3, -0.25) is 0 Å². The molecule has 2 nitrogen and oxygen atoms in total. The highest BCUT2D eigenvalue weighted by Gasteiger charge is 2.41. The zero-order valence-corrected chi connectivity index (χ0v) is 14.1. The highest BCUT2D eigenvalue weighted by molar-refractivity contribution is 5.32. The van der Waals surface area contributed by atoms with E-state index in [0.29, 0.717) is 18.8 Å². The summed E-state index contributed by atoms with van der Waals surface area (Å²) in [5.41, 5.74) is -1.08. The summed E-state index contributed by atoms with van der Waals surface area (Å²) in [5, 5.41) is 0. The minimum atomic E-state index is -3.86. The molecule has 0 atom stereocenters. The smallest absolute Gasteiger partial charge is 0.386 e. The molecule has 1 fully saturated rings. The first-order valence-electron chi connectivity index (χ1n) is 8.55. The van der Waals surface area contributed by atoms with Crippen LogP contribution in [0.4, 0.5) is 17.6 Å². The van der Waals surface area contributed by atoms with E-state index in [2.05, 4.69) is 6.92 Å². The van der Waals surface area contributed by atoms with Crippen LogP contribution in [0.1, 0.15) is 57.9 Å². The molecule has 6 heteroatoms. The van der Waals surface area contributed by atoms with Crippen molar-refractivity contribution in [3.05, 3.63) is 29.3 Å². The molecule has 0 unspecified atom stereocenters. The van der Waals surface area contributed by atoms with Gasteiger partial charge in [-0.2, -0.15) is 13.2 Å². The van der Waals surface area contributed by atoms with Gasteiger partial charge >= 0.3 is 6.11 Å². The van der Waals surface area contributed by atoms with Crippen LogP contribution in [0.15, 0.2) is 12.1 Å². The number of rotatable bonds is 7. The molecular formula is C18H24F4O2. The van der Waals surface area contributed by atoms with Gasteiger partial charge in [-0.1, -0.05) is 19.8 Å². The van der Waals surface area contributed by atoms with Gasteiger partial charge in [0.2, 0.25) is 5.82 Å². The maximum absolute atomic E-state index is 14.3. The predicted molar refractivity (Wildman–Crippen MR) is 83.2 cm³/mol. The van der Waals surface area contributed by atoms with Crippen LogP contribution in [0, 0.1) is 17.6 Å². The number of ether oxygens (including phenoxy) is 2. The summed E-state index contributed by atoms with van der Waals surface area (Å²) in [4.78, 5) is 0. The first-order valence-corrected chi connectivity index (χ1v) is 8.55. The standard InChI is InChI=1S/C18H24F4O2/c1-3-5-12-6-8-13(9-7-12)24-18(21,22)14-10-11-15(23-4-2)17(20)16(14)19/h10-13H,3-9H2,1-2H3. The van der Waals surface area contributed by atoms with Crippen LogP contribution in [-0.4, -0.2) is 12.7 Å². The van der Waals surface area contributed by atoms with Gasteiger partial charge in [0.1, 0.15) is 0 Å². The Morgan fingerprint density at radius 1 is 1.04 bits per heavy atom. The van der Waals surface area contributed by atoms with Gasteiger partial charge in [0, 0.05) is 0 Å². The van der Waals surface area contributed by atoms with E-state index in [1.54, 1.807) is 6.92 Å². The van der Waals surface area contributed by atoms with Crippen LogP contribution >= 0.6 is 0 Å². The number of halogens is 4. The summed E-state index contributed by atoms with van der Waals surface area (Å²) in [5.74, 6) is -2.87. The van der Waals surface area contributed by atoms with Crippen molar-refractivity contribution < 1.29 is 27.0 Å². The highest BCUT2D eigenvalue weighted by atomic mass is 19.3. The monoisotopic (exact) mass is 348 g/mol. The molecule has 1 aromatic carbocycles. The lowest BCUT2D eigenvalue weighted by Crippen LogP contribution is -2.30. The van der Waals surface area contributed by atoms with E-state index < -0.39 is 29.4 Å². The Morgan fingerprint density at radius 2 is 1.71 bits per heavy atom. The topological polar surface area (TPSA) is 18.5 Å². The number of alkyl halides is 2. The van der Waals surface area contributed by atoms with Crippen LogP contribution in [0.3, 0.4) is 0 Å². The SMILES string of the molecule is CCCC1CCC(OC(F)(F)c2ccc(OCC)c(F)c2F)CC1. The molecule has 136 valence electrons. The zero-order chi connectivity index (χ0) is 17.7. The lowest BCUT2D eigenvalue weighted by molar-refractivity contribution is -0.279. The molecule has 1 saturated carbocycles. The van der Waals surface area contributed by atoms with Crippen molar-refractivity contribution >= 4 is 0 Å².